The Morgan fingerprint density at radius 2 is 1.62 bits per heavy atom. The minimum atomic E-state index is 0. The summed E-state index contributed by atoms with van der Waals surface area (Å²) in [6.45, 7) is 3.72. The first-order chi connectivity index (χ1) is 11.3. The lowest BCUT2D eigenvalue weighted by Gasteiger charge is -2.13. The van der Waals surface area contributed by atoms with E-state index in [4.69, 9.17) is 0 Å². The van der Waals surface area contributed by atoms with E-state index in [1.807, 2.05) is 30.3 Å². The molecule has 2 unspecified atom stereocenters. The molecule has 1 saturated heterocycles. The van der Waals surface area contributed by atoms with Gasteiger partial charge in [0.1, 0.15) is 0 Å². The number of hydrogen-bond donors (Lipinski definition) is 1. The molecular formula is C21H26ClNO. The van der Waals surface area contributed by atoms with Crippen LogP contribution in [-0.4, -0.2) is 25.4 Å². The van der Waals surface area contributed by atoms with E-state index < -0.39 is 0 Å². The molecule has 1 fully saturated rings. The number of Topliss-reactive ketones (excluding diaryl/α,β-unsaturated/α-hetero) is 1. The molecule has 2 aromatic rings. The second-order valence-corrected chi connectivity index (χ2v) is 6.60. The molecule has 0 bridgehead atoms. The van der Waals surface area contributed by atoms with Crippen molar-refractivity contribution < 1.29 is 22.1 Å². The summed E-state index contributed by atoms with van der Waals surface area (Å²) in [6.07, 6.45) is 4.13. The Hall–Kier alpha value is -1.64. The van der Waals surface area contributed by atoms with E-state index in [-0.39, 0.29) is 18.2 Å². The van der Waals surface area contributed by atoms with Gasteiger partial charge in [-0.3, -0.25) is 4.79 Å². The summed E-state index contributed by atoms with van der Waals surface area (Å²) in [5.74, 6) is 1.00. The van der Waals surface area contributed by atoms with E-state index in [0.29, 0.717) is 6.42 Å². The van der Waals surface area contributed by atoms with Gasteiger partial charge in [-0.2, -0.15) is 0 Å². The van der Waals surface area contributed by atoms with Gasteiger partial charge in [-0.15, -0.1) is 0 Å². The van der Waals surface area contributed by atoms with Gasteiger partial charge in [0.2, 0.25) is 0 Å². The molecule has 2 nitrogen and oxygen atoms in total. The predicted molar refractivity (Wildman–Crippen MR) is 94.0 cm³/mol. The lowest BCUT2D eigenvalue weighted by molar-refractivity contribution is -0.888. The standard InChI is InChI=1S/C21H25NO.ClH/c23-21(19-11-5-2-6-12-19)13-7-8-15-22-16-14-20(17-22)18-9-3-1-4-10-18;/h1-6,9-12,20H,7-8,13-17H2;1H. The van der Waals surface area contributed by atoms with Crippen molar-refractivity contribution in [2.24, 2.45) is 0 Å². The Morgan fingerprint density at radius 1 is 0.958 bits per heavy atom. The third-order valence-corrected chi connectivity index (χ3v) is 4.93. The van der Waals surface area contributed by atoms with Crippen LogP contribution in [0.2, 0.25) is 0 Å². The number of carbonyl (C=O) groups excluding carboxylic acids is 1. The SMILES string of the molecule is O=C(CCCC[NH+]1CCC(c2ccccc2)C1)c1ccccc1.[Cl-]. The number of rotatable bonds is 7. The van der Waals surface area contributed by atoms with Crippen LogP contribution in [0, 0.1) is 0 Å². The third kappa shape index (κ3) is 5.19. The smallest absolute Gasteiger partial charge is 0.162 e. The Kier molecular flexibility index (Phi) is 7.48. The van der Waals surface area contributed by atoms with Crippen LogP contribution in [0.4, 0.5) is 0 Å². The van der Waals surface area contributed by atoms with Gasteiger partial charge in [-0.1, -0.05) is 60.7 Å². The van der Waals surface area contributed by atoms with Crippen molar-refractivity contribution in [3.8, 4) is 0 Å². The first-order valence-corrected chi connectivity index (χ1v) is 8.79. The van der Waals surface area contributed by atoms with Crippen LogP contribution >= 0.6 is 0 Å². The van der Waals surface area contributed by atoms with Gasteiger partial charge in [0.15, 0.2) is 5.78 Å². The van der Waals surface area contributed by atoms with Crippen LogP contribution in [0.5, 0.6) is 0 Å². The first kappa shape index (κ1) is 18.7. The molecule has 1 N–H and O–H groups in total. The molecule has 1 aliphatic rings. The molecule has 1 heterocycles. The number of likely N-dealkylation sites (tertiary alicyclic amines) is 1. The van der Waals surface area contributed by atoms with E-state index in [9.17, 15) is 4.79 Å². The Morgan fingerprint density at radius 3 is 2.33 bits per heavy atom. The molecular weight excluding hydrogens is 318 g/mol. The number of carbonyl (C=O) groups is 1. The van der Waals surface area contributed by atoms with Crippen molar-refractivity contribution in [1.82, 2.24) is 0 Å². The number of nitrogens with one attached hydrogen (secondary N) is 1. The van der Waals surface area contributed by atoms with Gasteiger partial charge in [0.25, 0.3) is 0 Å². The molecule has 0 saturated carbocycles. The monoisotopic (exact) mass is 343 g/mol. The number of benzene rings is 2. The molecule has 128 valence electrons. The molecule has 0 amide bonds. The zero-order valence-corrected chi connectivity index (χ0v) is 14.8. The lowest BCUT2D eigenvalue weighted by atomic mass is 9.99. The summed E-state index contributed by atoms with van der Waals surface area (Å²) in [4.78, 5) is 13.8. The molecule has 2 aromatic carbocycles. The van der Waals surface area contributed by atoms with Gasteiger partial charge < -0.3 is 17.3 Å². The van der Waals surface area contributed by atoms with Crippen LogP contribution in [-0.2, 0) is 0 Å². The van der Waals surface area contributed by atoms with Gasteiger partial charge >= 0.3 is 0 Å². The molecule has 0 spiro atoms. The topological polar surface area (TPSA) is 21.5 Å². The van der Waals surface area contributed by atoms with Crippen LogP contribution in [0.1, 0.15) is 47.5 Å². The highest BCUT2D eigenvalue weighted by Crippen LogP contribution is 2.19. The van der Waals surface area contributed by atoms with Crippen LogP contribution in [0.3, 0.4) is 0 Å². The second kappa shape index (κ2) is 9.61. The van der Waals surface area contributed by atoms with Crippen LogP contribution in [0.15, 0.2) is 60.7 Å². The highest BCUT2D eigenvalue weighted by atomic mass is 35.5. The molecule has 0 radical (unpaired) electrons. The lowest BCUT2D eigenvalue weighted by Crippen LogP contribution is -3.10. The number of quaternary nitrogens is 1. The minimum Gasteiger partial charge on any atom is -1.00 e. The average Bonchev–Trinajstić information content (AvgIpc) is 3.09. The third-order valence-electron chi connectivity index (χ3n) is 4.93. The van der Waals surface area contributed by atoms with Crippen molar-refractivity contribution >= 4 is 5.78 Å². The van der Waals surface area contributed by atoms with Crippen LogP contribution < -0.4 is 17.3 Å². The highest BCUT2D eigenvalue weighted by molar-refractivity contribution is 5.95. The summed E-state index contributed by atoms with van der Waals surface area (Å²) >= 11 is 0. The number of halogens is 1. The molecule has 2 atom stereocenters. The molecule has 24 heavy (non-hydrogen) atoms. The van der Waals surface area contributed by atoms with Crippen LogP contribution in [0.25, 0.3) is 0 Å². The van der Waals surface area contributed by atoms with Crippen molar-refractivity contribution in [3.05, 3.63) is 71.8 Å². The molecule has 3 heteroatoms. The normalized spacial score (nSPS) is 19.7. The van der Waals surface area contributed by atoms with E-state index in [2.05, 4.69) is 30.3 Å². The molecule has 0 aliphatic carbocycles. The Balaban J connectivity index is 0.00000208. The average molecular weight is 344 g/mol. The zero-order valence-electron chi connectivity index (χ0n) is 14.1. The summed E-state index contributed by atoms with van der Waals surface area (Å²) in [7, 11) is 0. The minimum absolute atomic E-state index is 0. The Labute approximate surface area is 151 Å². The van der Waals surface area contributed by atoms with Gasteiger partial charge in [0, 0.05) is 24.3 Å². The maximum Gasteiger partial charge on any atom is 0.162 e. The van der Waals surface area contributed by atoms with Crippen molar-refractivity contribution in [3.63, 3.8) is 0 Å². The van der Waals surface area contributed by atoms with Gasteiger partial charge in [-0.25, -0.2) is 0 Å². The fraction of sp³-hybridized carbons (Fsp3) is 0.381. The molecule has 0 aromatic heterocycles. The summed E-state index contributed by atoms with van der Waals surface area (Å²) in [6, 6.07) is 20.5. The summed E-state index contributed by atoms with van der Waals surface area (Å²) < 4.78 is 0. The summed E-state index contributed by atoms with van der Waals surface area (Å²) in [5.41, 5.74) is 2.34. The number of ketones is 1. The van der Waals surface area contributed by atoms with Crippen molar-refractivity contribution in [1.29, 1.82) is 0 Å². The van der Waals surface area contributed by atoms with E-state index in [0.717, 1.165) is 24.3 Å². The maximum absolute atomic E-state index is 12.1. The van der Waals surface area contributed by atoms with Gasteiger partial charge in [-0.05, 0) is 18.4 Å². The predicted octanol–water partition coefficient (Wildman–Crippen LogP) is 0.116. The van der Waals surface area contributed by atoms with E-state index in [1.54, 1.807) is 4.90 Å². The van der Waals surface area contributed by atoms with Crippen molar-refractivity contribution in [2.45, 2.75) is 31.6 Å². The fourth-order valence-corrected chi connectivity index (χ4v) is 3.60. The second-order valence-electron chi connectivity index (χ2n) is 6.60. The highest BCUT2D eigenvalue weighted by Gasteiger charge is 2.26. The largest absolute Gasteiger partial charge is 1.00 e. The zero-order chi connectivity index (χ0) is 15.9. The molecule has 3 rings (SSSR count). The number of unbranched alkanes of at least 4 members (excludes halogenated alkanes) is 1. The summed E-state index contributed by atoms with van der Waals surface area (Å²) in [5, 5.41) is 0. The van der Waals surface area contributed by atoms with Crippen molar-refractivity contribution in [2.75, 3.05) is 19.6 Å². The maximum atomic E-state index is 12.1. The van der Waals surface area contributed by atoms with E-state index in [1.165, 1.54) is 31.6 Å². The Bertz CT molecular complexity index is 614. The van der Waals surface area contributed by atoms with E-state index >= 15 is 0 Å². The first-order valence-electron chi connectivity index (χ1n) is 8.79. The molecule has 1 aliphatic heterocycles. The fourth-order valence-electron chi connectivity index (χ4n) is 3.60. The number of hydrogen-bond acceptors (Lipinski definition) is 1. The van der Waals surface area contributed by atoms with Gasteiger partial charge in [0.05, 0.1) is 19.6 Å². The quantitative estimate of drug-likeness (QED) is 0.559.